The maximum Gasteiger partial charge on any atom is 0.410 e. The summed E-state index contributed by atoms with van der Waals surface area (Å²) in [6.45, 7) is 7.92. The van der Waals surface area contributed by atoms with Crippen LogP contribution in [0.25, 0.3) is 0 Å². The highest BCUT2D eigenvalue weighted by Gasteiger charge is 2.48. The number of piperidine rings is 1. The molecule has 20 heavy (non-hydrogen) atoms. The number of nitrogens with zero attached hydrogens (tertiary/aromatic N) is 1. The Kier molecular flexibility index (Phi) is 5.02. The number of carbonyl (C=O) groups is 2. The second kappa shape index (κ2) is 5.99. The van der Waals surface area contributed by atoms with Crippen molar-refractivity contribution < 1.29 is 23.8 Å². The van der Waals surface area contributed by atoms with Gasteiger partial charge < -0.3 is 19.1 Å². The summed E-state index contributed by atoms with van der Waals surface area (Å²) in [6.07, 6.45) is -0.114. The van der Waals surface area contributed by atoms with Gasteiger partial charge in [0.25, 0.3) is 0 Å². The maximum atomic E-state index is 12.1. The first-order valence-electron chi connectivity index (χ1n) is 6.73. The van der Waals surface area contributed by atoms with Crippen LogP contribution in [0.5, 0.6) is 0 Å². The Hall–Kier alpha value is -1.30. The normalized spacial score (nSPS) is 27.1. The smallest absolute Gasteiger partial charge is 0.410 e. The van der Waals surface area contributed by atoms with Crippen LogP contribution >= 0.6 is 0 Å². The van der Waals surface area contributed by atoms with Crippen molar-refractivity contribution in [2.45, 2.75) is 45.8 Å². The Morgan fingerprint density at radius 2 is 1.85 bits per heavy atom. The van der Waals surface area contributed by atoms with Crippen LogP contribution in [-0.4, -0.2) is 56.0 Å². The maximum absolute atomic E-state index is 12.1. The van der Waals surface area contributed by atoms with Gasteiger partial charge in [0, 0.05) is 20.2 Å². The zero-order valence-electron chi connectivity index (χ0n) is 13.2. The van der Waals surface area contributed by atoms with Crippen molar-refractivity contribution in [1.29, 1.82) is 0 Å². The molecular formula is C14H25NO5. The van der Waals surface area contributed by atoms with E-state index in [0.717, 1.165) is 0 Å². The summed E-state index contributed by atoms with van der Waals surface area (Å²) in [5.74, 6) is -0.377. The molecule has 0 saturated carbocycles. The monoisotopic (exact) mass is 287 g/mol. The van der Waals surface area contributed by atoms with Crippen LogP contribution in [0.3, 0.4) is 0 Å². The molecule has 1 amide bonds. The number of ether oxygens (including phenoxy) is 3. The summed E-state index contributed by atoms with van der Waals surface area (Å²) in [4.78, 5) is 25.7. The van der Waals surface area contributed by atoms with E-state index in [1.165, 1.54) is 12.0 Å². The molecule has 116 valence electrons. The topological polar surface area (TPSA) is 65.1 Å². The average molecular weight is 287 g/mol. The highest BCUT2D eigenvalue weighted by molar-refractivity contribution is 5.79. The average Bonchev–Trinajstić information content (AvgIpc) is 2.35. The molecule has 0 radical (unpaired) electrons. The number of carbonyl (C=O) groups excluding carboxylic acids is 2. The molecule has 1 aliphatic heterocycles. The summed E-state index contributed by atoms with van der Waals surface area (Å²) in [7, 11) is 2.90. The summed E-state index contributed by atoms with van der Waals surface area (Å²) in [5, 5.41) is 0. The van der Waals surface area contributed by atoms with E-state index in [0.29, 0.717) is 13.0 Å². The molecule has 2 atom stereocenters. The van der Waals surface area contributed by atoms with E-state index in [4.69, 9.17) is 14.2 Å². The fourth-order valence-corrected chi connectivity index (χ4v) is 2.46. The van der Waals surface area contributed by atoms with E-state index in [1.54, 1.807) is 14.0 Å². The molecule has 1 saturated heterocycles. The largest absolute Gasteiger partial charge is 0.468 e. The molecule has 0 spiro atoms. The lowest BCUT2D eigenvalue weighted by atomic mass is 9.79. The minimum Gasteiger partial charge on any atom is -0.468 e. The SMILES string of the molecule is COC(=O)[C@]1(C)CN(C(=O)OC(C)(C)C)CCC1OC. The van der Waals surface area contributed by atoms with E-state index in [2.05, 4.69) is 0 Å². The van der Waals surface area contributed by atoms with Crippen molar-refractivity contribution in [3.63, 3.8) is 0 Å². The second-order valence-electron chi connectivity index (χ2n) is 6.32. The lowest BCUT2D eigenvalue weighted by Gasteiger charge is -2.43. The van der Waals surface area contributed by atoms with E-state index in [9.17, 15) is 9.59 Å². The van der Waals surface area contributed by atoms with Gasteiger partial charge in [0.1, 0.15) is 11.0 Å². The molecule has 6 nitrogen and oxygen atoms in total. The summed E-state index contributed by atoms with van der Waals surface area (Å²) in [6, 6.07) is 0. The number of methoxy groups -OCH3 is 2. The van der Waals surface area contributed by atoms with Gasteiger partial charge in [-0.1, -0.05) is 0 Å². The molecule has 1 fully saturated rings. The van der Waals surface area contributed by atoms with Gasteiger partial charge in [-0.15, -0.1) is 0 Å². The van der Waals surface area contributed by atoms with Gasteiger partial charge in [-0.3, -0.25) is 4.79 Å². The minimum absolute atomic E-state index is 0.229. The third kappa shape index (κ3) is 3.62. The Morgan fingerprint density at radius 1 is 1.25 bits per heavy atom. The summed E-state index contributed by atoms with van der Waals surface area (Å²) >= 11 is 0. The van der Waals surface area contributed by atoms with Crippen molar-refractivity contribution in [2.24, 2.45) is 5.41 Å². The number of hydrogen-bond acceptors (Lipinski definition) is 5. The summed E-state index contributed by atoms with van der Waals surface area (Å²) < 4.78 is 15.6. The van der Waals surface area contributed by atoms with Gasteiger partial charge in [0.15, 0.2) is 0 Å². The molecule has 0 aromatic carbocycles. The van der Waals surface area contributed by atoms with Gasteiger partial charge in [-0.25, -0.2) is 4.79 Å². The first kappa shape index (κ1) is 16.8. The van der Waals surface area contributed by atoms with Crippen LogP contribution in [0.1, 0.15) is 34.1 Å². The molecule has 1 heterocycles. The predicted octanol–water partition coefficient (Wildman–Crippen LogP) is 1.82. The highest BCUT2D eigenvalue weighted by Crippen LogP contribution is 2.33. The minimum atomic E-state index is -0.876. The Labute approximate surface area is 120 Å². The van der Waals surface area contributed by atoms with Gasteiger partial charge in [-0.2, -0.15) is 0 Å². The van der Waals surface area contributed by atoms with Crippen LogP contribution < -0.4 is 0 Å². The first-order valence-corrected chi connectivity index (χ1v) is 6.73. The fraction of sp³-hybridized carbons (Fsp3) is 0.857. The van der Waals surface area contributed by atoms with Crippen LogP contribution in [0.4, 0.5) is 4.79 Å². The van der Waals surface area contributed by atoms with Crippen LogP contribution in [-0.2, 0) is 19.0 Å². The lowest BCUT2D eigenvalue weighted by Crippen LogP contribution is -2.57. The van der Waals surface area contributed by atoms with Crippen molar-refractivity contribution in [3.8, 4) is 0 Å². The molecule has 6 heteroatoms. The van der Waals surface area contributed by atoms with Crippen LogP contribution in [0, 0.1) is 5.41 Å². The molecule has 1 rings (SSSR count). The molecular weight excluding hydrogens is 262 g/mol. The Morgan fingerprint density at radius 3 is 2.30 bits per heavy atom. The summed E-state index contributed by atoms with van der Waals surface area (Å²) in [5.41, 5.74) is -1.44. The van der Waals surface area contributed by atoms with E-state index >= 15 is 0 Å². The number of hydrogen-bond donors (Lipinski definition) is 0. The second-order valence-corrected chi connectivity index (χ2v) is 6.32. The van der Waals surface area contributed by atoms with Gasteiger partial charge >= 0.3 is 12.1 Å². The molecule has 1 unspecified atom stereocenters. The fourth-order valence-electron chi connectivity index (χ4n) is 2.46. The van der Waals surface area contributed by atoms with E-state index < -0.39 is 17.1 Å². The molecule has 0 aromatic heterocycles. The quantitative estimate of drug-likeness (QED) is 0.725. The molecule has 0 N–H and O–H groups in total. The molecule has 0 aliphatic carbocycles. The third-order valence-corrected chi connectivity index (χ3v) is 3.48. The first-order chi connectivity index (χ1) is 9.14. The van der Waals surface area contributed by atoms with Gasteiger partial charge in [0.2, 0.25) is 0 Å². The number of likely N-dealkylation sites (tertiary alicyclic amines) is 1. The van der Waals surface area contributed by atoms with Crippen molar-refractivity contribution >= 4 is 12.1 Å². The van der Waals surface area contributed by atoms with E-state index in [-0.39, 0.29) is 18.6 Å². The van der Waals surface area contributed by atoms with Crippen LogP contribution in [0.15, 0.2) is 0 Å². The Bertz CT molecular complexity index is 376. The number of esters is 1. The zero-order chi connectivity index (χ0) is 15.6. The van der Waals surface area contributed by atoms with Crippen molar-refractivity contribution in [1.82, 2.24) is 4.90 Å². The van der Waals surface area contributed by atoms with E-state index in [1.807, 2.05) is 20.8 Å². The zero-order valence-corrected chi connectivity index (χ0v) is 13.2. The standard InChI is InChI=1S/C14H25NO5/c1-13(2,3)20-12(17)15-8-7-10(18-5)14(4,9-15)11(16)19-6/h10H,7-9H2,1-6H3/t10?,14-/m1/s1. The number of rotatable bonds is 2. The Balaban J connectivity index is 2.85. The molecule has 0 aromatic rings. The van der Waals surface area contributed by atoms with Crippen molar-refractivity contribution in [2.75, 3.05) is 27.3 Å². The predicted molar refractivity (Wildman–Crippen MR) is 73.3 cm³/mol. The molecule has 1 aliphatic rings. The number of amides is 1. The highest BCUT2D eigenvalue weighted by atomic mass is 16.6. The lowest BCUT2D eigenvalue weighted by molar-refractivity contribution is -0.166. The molecule has 0 bridgehead atoms. The van der Waals surface area contributed by atoms with Crippen molar-refractivity contribution in [3.05, 3.63) is 0 Å². The van der Waals surface area contributed by atoms with Gasteiger partial charge in [-0.05, 0) is 34.1 Å². The van der Waals surface area contributed by atoms with Gasteiger partial charge in [0.05, 0.1) is 13.2 Å². The third-order valence-electron chi connectivity index (χ3n) is 3.48. The van der Waals surface area contributed by atoms with Crippen LogP contribution in [0.2, 0.25) is 0 Å².